The summed E-state index contributed by atoms with van der Waals surface area (Å²) in [5.74, 6) is -0.782. The van der Waals surface area contributed by atoms with Gasteiger partial charge in [0, 0.05) is 10.6 Å². The minimum absolute atomic E-state index is 0.226. The largest absolute Gasteiger partial charge is 0.341 e. The summed E-state index contributed by atoms with van der Waals surface area (Å²) < 4.78 is 38.8. The summed E-state index contributed by atoms with van der Waals surface area (Å²) in [7, 11) is -4.05. The molecule has 0 spiro atoms. The lowest BCUT2D eigenvalue weighted by molar-refractivity contribution is -0.181. The molecule has 124 valence electrons. The van der Waals surface area contributed by atoms with Crippen LogP contribution < -0.4 is 5.14 Å². The van der Waals surface area contributed by atoms with E-state index < -0.39 is 28.3 Å². The topological polar surface area (TPSA) is 87.9 Å². The Morgan fingerprint density at radius 3 is 2.45 bits per heavy atom. The van der Waals surface area contributed by atoms with Crippen molar-refractivity contribution in [2.45, 2.75) is 44.7 Å². The maximum atomic E-state index is 11.0. The third-order valence-electron chi connectivity index (χ3n) is 3.73. The number of benzene rings is 1. The molecule has 1 aromatic carbocycles. The molecule has 22 heavy (non-hydrogen) atoms. The zero-order valence-corrected chi connectivity index (χ0v) is 14.1. The lowest BCUT2D eigenvalue weighted by atomic mass is 10.1. The molecule has 0 amide bonds. The molecule has 0 aromatic heterocycles. The van der Waals surface area contributed by atoms with Crippen molar-refractivity contribution in [1.82, 2.24) is 0 Å². The van der Waals surface area contributed by atoms with Crippen LogP contribution in [-0.4, -0.2) is 26.9 Å². The van der Waals surface area contributed by atoms with Gasteiger partial charge in [0.2, 0.25) is 0 Å². The highest BCUT2D eigenvalue weighted by molar-refractivity contribution is 7.84. The first-order valence-electron chi connectivity index (χ1n) is 7.07. The van der Waals surface area contributed by atoms with Crippen LogP contribution in [0.2, 0.25) is 5.02 Å². The van der Waals surface area contributed by atoms with E-state index >= 15 is 0 Å². The molecule has 2 rings (SSSR count). The monoisotopic (exact) mass is 349 g/mol. The smallest absolute Gasteiger partial charge is 0.333 e. The van der Waals surface area contributed by atoms with Gasteiger partial charge in [-0.3, -0.25) is 4.18 Å². The van der Waals surface area contributed by atoms with Crippen LogP contribution in [0.25, 0.3) is 0 Å². The predicted molar refractivity (Wildman–Crippen MR) is 82.5 cm³/mol. The number of hydrogen-bond donors (Lipinski definition) is 1. The molecule has 1 fully saturated rings. The minimum Gasteiger partial charge on any atom is -0.341 e. The maximum absolute atomic E-state index is 11.0. The van der Waals surface area contributed by atoms with Crippen molar-refractivity contribution in [2.75, 3.05) is 6.61 Å². The summed E-state index contributed by atoms with van der Waals surface area (Å²) in [6.45, 7) is 3.66. The van der Waals surface area contributed by atoms with Crippen LogP contribution in [0.4, 0.5) is 0 Å². The standard InChI is InChI=1S/C14H20ClNO5S/c1-3-14(4-2)20-12(9-19-22(16,17)18)13(21-14)10-7-5-6-8-11(10)15/h5-8,12-13H,3-4,9H2,1-2H3,(H2,16,17,18). The Bertz CT molecular complexity index is 617. The van der Waals surface area contributed by atoms with Crippen LogP contribution in [0.1, 0.15) is 38.4 Å². The van der Waals surface area contributed by atoms with Crippen molar-refractivity contribution in [3.8, 4) is 0 Å². The lowest BCUT2D eigenvalue weighted by Crippen LogP contribution is -2.31. The van der Waals surface area contributed by atoms with Crippen LogP contribution in [0, 0.1) is 0 Å². The Balaban J connectivity index is 2.29. The lowest BCUT2D eigenvalue weighted by Gasteiger charge is -2.25. The highest BCUT2D eigenvalue weighted by atomic mass is 35.5. The summed E-state index contributed by atoms with van der Waals surface area (Å²) in [5, 5.41) is 5.42. The second kappa shape index (κ2) is 6.82. The number of hydrogen-bond acceptors (Lipinski definition) is 5. The van der Waals surface area contributed by atoms with Crippen LogP contribution in [-0.2, 0) is 24.0 Å². The molecule has 0 bridgehead atoms. The SMILES string of the molecule is CCC1(CC)OC(COS(N)(=O)=O)C(c2ccccc2Cl)O1. The van der Waals surface area contributed by atoms with Gasteiger partial charge in [0.1, 0.15) is 12.2 Å². The molecule has 1 aromatic rings. The summed E-state index contributed by atoms with van der Waals surface area (Å²) in [4.78, 5) is 0. The zero-order chi connectivity index (χ0) is 16.4. The van der Waals surface area contributed by atoms with Gasteiger partial charge in [0.15, 0.2) is 5.79 Å². The second-order valence-corrected chi connectivity index (χ2v) is 6.74. The molecule has 2 unspecified atom stereocenters. The van der Waals surface area contributed by atoms with E-state index in [0.717, 1.165) is 5.56 Å². The molecule has 2 N–H and O–H groups in total. The van der Waals surface area contributed by atoms with E-state index in [1.54, 1.807) is 6.07 Å². The Morgan fingerprint density at radius 2 is 1.91 bits per heavy atom. The molecule has 0 radical (unpaired) electrons. The van der Waals surface area contributed by atoms with Crippen molar-refractivity contribution >= 4 is 21.9 Å². The van der Waals surface area contributed by atoms with Crippen molar-refractivity contribution in [3.05, 3.63) is 34.9 Å². The van der Waals surface area contributed by atoms with E-state index in [9.17, 15) is 8.42 Å². The number of ether oxygens (including phenoxy) is 2. The molecule has 0 aliphatic carbocycles. The number of rotatable bonds is 6. The van der Waals surface area contributed by atoms with Gasteiger partial charge < -0.3 is 9.47 Å². The van der Waals surface area contributed by atoms with Gasteiger partial charge in [0.25, 0.3) is 0 Å². The fraction of sp³-hybridized carbons (Fsp3) is 0.571. The van der Waals surface area contributed by atoms with Gasteiger partial charge in [-0.05, 0) is 18.9 Å². The summed E-state index contributed by atoms with van der Waals surface area (Å²) >= 11 is 6.22. The van der Waals surface area contributed by atoms with Gasteiger partial charge in [-0.1, -0.05) is 43.6 Å². The summed E-state index contributed by atoms with van der Waals surface area (Å²) in [6.07, 6.45) is 0.112. The van der Waals surface area contributed by atoms with Gasteiger partial charge in [-0.25, -0.2) is 5.14 Å². The van der Waals surface area contributed by atoms with Crippen molar-refractivity contribution in [1.29, 1.82) is 0 Å². The predicted octanol–water partition coefficient (Wildman–Crippen LogP) is 2.53. The van der Waals surface area contributed by atoms with E-state index in [4.69, 9.17) is 26.2 Å². The fourth-order valence-corrected chi connectivity index (χ4v) is 3.08. The van der Waals surface area contributed by atoms with E-state index in [1.165, 1.54) is 0 Å². The van der Waals surface area contributed by atoms with Crippen molar-refractivity contribution in [2.24, 2.45) is 5.14 Å². The van der Waals surface area contributed by atoms with E-state index in [1.807, 2.05) is 32.0 Å². The van der Waals surface area contributed by atoms with E-state index in [0.29, 0.717) is 17.9 Å². The Morgan fingerprint density at radius 1 is 1.27 bits per heavy atom. The van der Waals surface area contributed by atoms with Crippen LogP contribution >= 0.6 is 11.6 Å². The molecule has 2 atom stereocenters. The molecule has 8 heteroatoms. The van der Waals surface area contributed by atoms with Crippen molar-refractivity contribution < 1.29 is 22.1 Å². The average Bonchev–Trinajstić information content (AvgIpc) is 2.85. The summed E-state index contributed by atoms with van der Waals surface area (Å²) in [5.41, 5.74) is 0.732. The molecule has 0 saturated carbocycles. The number of halogens is 1. The van der Waals surface area contributed by atoms with E-state index in [-0.39, 0.29) is 6.61 Å². The highest BCUT2D eigenvalue weighted by Gasteiger charge is 2.47. The van der Waals surface area contributed by atoms with Crippen LogP contribution in [0.3, 0.4) is 0 Å². The molecule has 1 saturated heterocycles. The molecule has 6 nitrogen and oxygen atoms in total. The molecular formula is C14H20ClNO5S. The van der Waals surface area contributed by atoms with Crippen molar-refractivity contribution in [3.63, 3.8) is 0 Å². The Labute approximate surface area is 135 Å². The van der Waals surface area contributed by atoms with Gasteiger partial charge in [0.05, 0.1) is 6.61 Å². The van der Waals surface area contributed by atoms with Gasteiger partial charge in [-0.15, -0.1) is 0 Å². The second-order valence-electron chi connectivity index (χ2n) is 5.11. The maximum Gasteiger partial charge on any atom is 0.333 e. The minimum atomic E-state index is -4.05. The third kappa shape index (κ3) is 3.98. The molecular weight excluding hydrogens is 330 g/mol. The molecule has 1 aliphatic rings. The zero-order valence-electron chi connectivity index (χ0n) is 12.5. The third-order valence-corrected chi connectivity index (χ3v) is 4.54. The van der Waals surface area contributed by atoms with Crippen LogP contribution in [0.15, 0.2) is 24.3 Å². The first kappa shape index (κ1) is 17.7. The quantitative estimate of drug-likeness (QED) is 0.852. The average molecular weight is 350 g/mol. The fourth-order valence-electron chi connectivity index (χ4n) is 2.51. The molecule has 1 aliphatic heterocycles. The van der Waals surface area contributed by atoms with Gasteiger partial charge in [-0.2, -0.15) is 8.42 Å². The Hall–Kier alpha value is -0.700. The molecule has 1 heterocycles. The first-order valence-corrected chi connectivity index (χ1v) is 8.92. The van der Waals surface area contributed by atoms with Crippen LogP contribution in [0.5, 0.6) is 0 Å². The number of nitrogens with two attached hydrogens (primary N) is 1. The van der Waals surface area contributed by atoms with E-state index in [2.05, 4.69) is 4.18 Å². The Kier molecular flexibility index (Phi) is 5.47. The van der Waals surface area contributed by atoms with Gasteiger partial charge >= 0.3 is 10.3 Å². The first-order chi connectivity index (χ1) is 10.3. The highest BCUT2D eigenvalue weighted by Crippen LogP contribution is 2.44. The normalized spacial score (nSPS) is 24.5. The summed E-state index contributed by atoms with van der Waals surface area (Å²) in [6, 6.07) is 7.21.